The summed E-state index contributed by atoms with van der Waals surface area (Å²) in [5, 5.41) is 5.55. The maximum absolute atomic E-state index is 12.3. The number of hydrogen-bond donors (Lipinski definition) is 2. The van der Waals surface area contributed by atoms with E-state index in [9.17, 15) is 9.59 Å². The standard InChI is InChI=1S/C16H18Cl2N2O2/c1-9(21)19-10-4-6-11(7-5-10)20-15(22)14-12(8-13(17)18)16(14,2)3/h4-8,12,14H,1-3H3,(H,19,21)(H,20,22). The number of nitrogens with one attached hydrogen (secondary N) is 2. The van der Waals surface area contributed by atoms with E-state index in [1.54, 1.807) is 30.3 Å². The van der Waals surface area contributed by atoms with E-state index >= 15 is 0 Å². The third kappa shape index (κ3) is 3.81. The van der Waals surface area contributed by atoms with E-state index < -0.39 is 0 Å². The molecule has 0 radical (unpaired) electrons. The summed E-state index contributed by atoms with van der Waals surface area (Å²) in [4.78, 5) is 23.3. The van der Waals surface area contributed by atoms with Crippen molar-refractivity contribution in [2.75, 3.05) is 10.6 Å². The molecule has 6 heteroatoms. The molecule has 0 saturated heterocycles. The zero-order valence-corrected chi connectivity index (χ0v) is 14.1. The smallest absolute Gasteiger partial charge is 0.228 e. The highest BCUT2D eigenvalue weighted by atomic mass is 35.5. The fraction of sp³-hybridized carbons (Fsp3) is 0.375. The second-order valence-corrected chi connectivity index (χ2v) is 7.04. The second kappa shape index (κ2) is 6.31. The second-order valence-electron chi connectivity index (χ2n) is 6.03. The van der Waals surface area contributed by atoms with Crippen molar-refractivity contribution in [3.8, 4) is 0 Å². The monoisotopic (exact) mass is 340 g/mol. The average molecular weight is 341 g/mol. The highest BCUT2D eigenvalue weighted by molar-refractivity contribution is 6.55. The molecule has 1 aromatic carbocycles. The summed E-state index contributed by atoms with van der Waals surface area (Å²) in [6, 6.07) is 6.97. The molecule has 2 atom stereocenters. The third-order valence-electron chi connectivity index (χ3n) is 3.97. The van der Waals surface area contributed by atoms with Crippen molar-refractivity contribution in [1.29, 1.82) is 0 Å². The van der Waals surface area contributed by atoms with Gasteiger partial charge in [-0.25, -0.2) is 0 Å². The fourth-order valence-corrected chi connectivity index (χ4v) is 2.96. The Bertz CT molecular complexity index is 620. The maximum Gasteiger partial charge on any atom is 0.228 e. The van der Waals surface area contributed by atoms with E-state index in [2.05, 4.69) is 10.6 Å². The van der Waals surface area contributed by atoms with Crippen LogP contribution in [-0.4, -0.2) is 11.8 Å². The van der Waals surface area contributed by atoms with Gasteiger partial charge in [0.2, 0.25) is 11.8 Å². The molecule has 1 aliphatic carbocycles. The van der Waals surface area contributed by atoms with Crippen LogP contribution in [-0.2, 0) is 9.59 Å². The Hall–Kier alpha value is -1.52. The summed E-state index contributed by atoms with van der Waals surface area (Å²) in [7, 11) is 0. The van der Waals surface area contributed by atoms with Gasteiger partial charge in [0.25, 0.3) is 0 Å². The summed E-state index contributed by atoms with van der Waals surface area (Å²) in [6.07, 6.45) is 1.72. The molecule has 2 amide bonds. The van der Waals surface area contributed by atoms with Crippen molar-refractivity contribution in [3.05, 3.63) is 34.8 Å². The molecule has 1 aromatic rings. The van der Waals surface area contributed by atoms with Crippen LogP contribution in [0.4, 0.5) is 11.4 Å². The topological polar surface area (TPSA) is 58.2 Å². The molecule has 2 N–H and O–H groups in total. The van der Waals surface area contributed by atoms with Crippen molar-refractivity contribution in [1.82, 2.24) is 0 Å². The zero-order chi connectivity index (χ0) is 16.5. The first kappa shape index (κ1) is 16.8. The first-order valence-corrected chi connectivity index (χ1v) is 7.68. The van der Waals surface area contributed by atoms with Crippen LogP contribution in [0.25, 0.3) is 0 Å². The Kier molecular flexibility index (Phi) is 4.83. The molecular formula is C16H18Cl2N2O2. The molecule has 0 bridgehead atoms. The predicted octanol–water partition coefficient (Wildman–Crippen LogP) is 4.17. The van der Waals surface area contributed by atoms with Gasteiger partial charge in [-0.3, -0.25) is 9.59 Å². The summed E-state index contributed by atoms with van der Waals surface area (Å²) < 4.78 is 0.188. The van der Waals surface area contributed by atoms with E-state index in [0.29, 0.717) is 11.4 Å². The van der Waals surface area contributed by atoms with Gasteiger partial charge in [-0.15, -0.1) is 0 Å². The van der Waals surface area contributed by atoms with E-state index in [4.69, 9.17) is 23.2 Å². The lowest BCUT2D eigenvalue weighted by atomic mass is 10.1. The van der Waals surface area contributed by atoms with E-state index in [1.165, 1.54) is 6.92 Å². The van der Waals surface area contributed by atoms with Gasteiger partial charge < -0.3 is 10.6 Å². The summed E-state index contributed by atoms with van der Waals surface area (Å²) in [5.41, 5.74) is 1.21. The minimum absolute atomic E-state index is 0.0381. The van der Waals surface area contributed by atoms with Crippen molar-refractivity contribution in [2.45, 2.75) is 20.8 Å². The molecule has 0 aliphatic heterocycles. The average Bonchev–Trinajstić information content (AvgIpc) is 2.91. The minimum Gasteiger partial charge on any atom is -0.326 e. The Labute approximate surface area is 139 Å². The van der Waals surface area contributed by atoms with Gasteiger partial charge in [0.15, 0.2) is 0 Å². The molecule has 118 valence electrons. The van der Waals surface area contributed by atoms with Crippen LogP contribution >= 0.6 is 23.2 Å². The molecule has 1 aliphatic rings. The van der Waals surface area contributed by atoms with Gasteiger partial charge >= 0.3 is 0 Å². The number of carbonyl (C=O) groups excluding carboxylic acids is 2. The van der Waals surface area contributed by atoms with Crippen molar-refractivity contribution < 1.29 is 9.59 Å². The van der Waals surface area contributed by atoms with Gasteiger partial charge in [-0.1, -0.05) is 37.0 Å². The lowest BCUT2D eigenvalue weighted by Gasteiger charge is -2.07. The van der Waals surface area contributed by atoms with Crippen LogP contribution in [0.2, 0.25) is 0 Å². The van der Waals surface area contributed by atoms with Gasteiger partial charge in [-0.2, -0.15) is 0 Å². The zero-order valence-electron chi connectivity index (χ0n) is 12.6. The van der Waals surface area contributed by atoms with Crippen molar-refractivity contribution >= 4 is 46.4 Å². The number of rotatable bonds is 4. The minimum atomic E-state index is -0.158. The van der Waals surface area contributed by atoms with Crippen LogP contribution in [0.15, 0.2) is 34.8 Å². The highest BCUT2D eigenvalue weighted by Gasteiger charge is 2.60. The van der Waals surface area contributed by atoms with Crippen LogP contribution < -0.4 is 10.6 Å². The SMILES string of the molecule is CC(=O)Nc1ccc(NC(=O)C2C(C=C(Cl)Cl)C2(C)C)cc1. The van der Waals surface area contributed by atoms with Gasteiger partial charge in [0.05, 0.1) is 5.92 Å². The largest absolute Gasteiger partial charge is 0.326 e. The Morgan fingerprint density at radius 1 is 1.09 bits per heavy atom. The van der Waals surface area contributed by atoms with Crippen LogP contribution in [0, 0.1) is 17.3 Å². The number of allylic oxidation sites excluding steroid dienone is 1. The quantitative estimate of drug-likeness (QED) is 0.863. The summed E-state index contributed by atoms with van der Waals surface area (Å²) in [5.74, 6) is -0.316. The summed E-state index contributed by atoms with van der Waals surface area (Å²) in [6.45, 7) is 5.46. The molecule has 4 nitrogen and oxygen atoms in total. The van der Waals surface area contributed by atoms with Crippen molar-refractivity contribution in [3.63, 3.8) is 0 Å². The van der Waals surface area contributed by atoms with Gasteiger partial charge in [-0.05, 0) is 41.7 Å². The van der Waals surface area contributed by atoms with E-state index in [0.717, 1.165) is 0 Å². The number of halogens is 2. The number of carbonyl (C=O) groups is 2. The van der Waals surface area contributed by atoms with Crippen LogP contribution in [0.5, 0.6) is 0 Å². The third-order valence-corrected chi connectivity index (χ3v) is 4.22. The molecule has 0 heterocycles. The molecule has 1 saturated carbocycles. The van der Waals surface area contributed by atoms with Gasteiger partial charge in [0.1, 0.15) is 4.49 Å². The number of benzene rings is 1. The Morgan fingerprint density at radius 2 is 1.59 bits per heavy atom. The van der Waals surface area contributed by atoms with Crippen molar-refractivity contribution in [2.24, 2.45) is 17.3 Å². The molecule has 1 fully saturated rings. The molecule has 2 unspecified atom stereocenters. The first-order valence-electron chi connectivity index (χ1n) is 6.93. The summed E-state index contributed by atoms with van der Waals surface area (Å²) >= 11 is 11.4. The lowest BCUT2D eigenvalue weighted by molar-refractivity contribution is -0.118. The molecule has 22 heavy (non-hydrogen) atoms. The number of anilines is 2. The van der Waals surface area contributed by atoms with E-state index in [1.807, 2.05) is 13.8 Å². The van der Waals surface area contributed by atoms with Crippen LogP contribution in [0.3, 0.4) is 0 Å². The van der Waals surface area contributed by atoms with E-state index in [-0.39, 0.29) is 33.6 Å². The molecular weight excluding hydrogens is 323 g/mol. The van der Waals surface area contributed by atoms with Crippen LogP contribution in [0.1, 0.15) is 20.8 Å². The predicted molar refractivity (Wildman–Crippen MR) is 89.9 cm³/mol. The normalized spacial score (nSPS) is 21.7. The Morgan fingerprint density at radius 3 is 2.05 bits per heavy atom. The molecule has 2 rings (SSSR count). The first-order chi connectivity index (χ1) is 10.2. The Balaban J connectivity index is 2.01. The fourth-order valence-electron chi connectivity index (χ4n) is 2.69. The molecule has 0 aromatic heterocycles. The molecule has 0 spiro atoms. The lowest BCUT2D eigenvalue weighted by Crippen LogP contribution is -2.16. The highest BCUT2D eigenvalue weighted by Crippen LogP contribution is 2.60. The number of amides is 2. The maximum atomic E-state index is 12.3. The van der Waals surface area contributed by atoms with Gasteiger partial charge in [0, 0.05) is 18.3 Å². The number of hydrogen-bond acceptors (Lipinski definition) is 2.